The van der Waals surface area contributed by atoms with Crippen LogP contribution in [-0.2, 0) is 23.6 Å². The number of furan rings is 1. The van der Waals surface area contributed by atoms with E-state index in [2.05, 4.69) is 4.98 Å². The van der Waals surface area contributed by atoms with Gasteiger partial charge in [-0.15, -0.1) is 0 Å². The van der Waals surface area contributed by atoms with Crippen LogP contribution in [0.2, 0.25) is 0 Å². The summed E-state index contributed by atoms with van der Waals surface area (Å²) in [7, 11) is 0.214. The van der Waals surface area contributed by atoms with E-state index in [0.29, 0.717) is 11.5 Å². The van der Waals surface area contributed by atoms with E-state index in [1.807, 2.05) is 41.9 Å². The van der Waals surface area contributed by atoms with Crippen molar-refractivity contribution in [2.75, 3.05) is 13.3 Å². The van der Waals surface area contributed by atoms with Crippen LogP contribution >= 0.6 is 0 Å². The van der Waals surface area contributed by atoms with Gasteiger partial charge in [0.15, 0.2) is 11.6 Å². The van der Waals surface area contributed by atoms with E-state index < -0.39 is 10.0 Å². The van der Waals surface area contributed by atoms with E-state index >= 15 is 0 Å². The maximum atomic E-state index is 11.5. The molecular weight excluding hydrogens is 302 g/mol. The van der Waals surface area contributed by atoms with Crippen LogP contribution in [0.15, 0.2) is 40.8 Å². The van der Waals surface area contributed by atoms with Gasteiger partial charge in [0, 0.05) is 14.1 Å². The third kappa shape index (κ3) is 2.65. The molecule has 3 rings (SSSR count). The van der Waals surface area contributed by atoms with Gasteiger partial charge in [-0.3, -0.25) is 0 Å². The Morgan fingerprint density at radius 3 is 2.64 bits per heavy atom. The lowest BCUT2D eigenvalue weighted by Gasteiger charge is -2.11. The Hall–Kier alpha value is -2.12. The molecule has 6 nitrogen and oxygen atoms in total. The first-order valence-corrected chi connectivity index (χ1v) is 8.63. The van der Waals surface area contributed by atoms with E-state index in [1.165, 1.54) is 17.6 Å². The molecule has 3 aromatic rings. The summed E-state index contributed by atoms with van der Waals surface area (Å²) in [6, 6.07) is 11.4. The van der Waals surface area contributed by atoms with Crippen molar-refractivity contribution in [3.63, 3.8) is 0 Å². The smallest absolute Gasteiger partial charge is 0.211 e. The predicted octanol–water partition coefficient (Wildman–Crippen LogP) is 2.22. The van der Waals surface area contributed by atoms with Crippen molar-refractivity contribution in [3.05, 3.63) is 42.2 Å². The molecule has 0 saturated carbocycles. The van der Waals surface area contributed by atoms with Gasteiger partial charge in [0.1, 0.15) is 5.76 Å². The van der Waals surface area contributed by atoms with Crippen molar-refractivity contribution in [1.29, 1.82) is 0 Å². The maximum Gasteiger partial charge on any atom is 0.211 e. The Labute approximate surface area is 129 Å². The van der Waals surface area contributed by atoms with Crippen LogP contribution in [0.25, 0.3) is 22.6 Å². The second-order valence-electron chi connectivity index (χ2n) is 5.27. The molecule has 7 heteroatoms. The zero-order valence-electron chi connectivity index (χ0n) is 12.6. The van der Waals surface area contributed by atoms with E-state index in [0.717, 1.165) is 16.9 Å². The average molecular weight is 319 g/mol. The molecule has 0 aliphatic heterocycles. The largest absolute Gasteiger partial charge is 0.456 e. The number of fused-ring (bicyclic) bond motifs is 1. The van der Waals surface area contributed by atoms with Crippen LogP contribution in [0.5, 0.6) is 0 Å². The minimum absolute atomic E-state index is 0.197. The molecule has 0 aliphatic rings. The number of sulfonamides is 1. The van der Waals surface area contributed by atoms with Crippen molar-refractivity contribution in [3.8, 4) is 11.6 Å². The highest BCUT2D eigenvalue weighted by Gasteiger charge is 2.16. The van der Waals surface area contributed by atoms with Crippen molar-refractivity contribution in [2.24, 2.45) is 7.05 Å². The summed E-state index contributed by atoms with van der Waals surface area (Å²) in [5.41, 5.74) is 1.91. The monoisotopic (exact) mass is 319 g/mol. The Morgan fingerprint density at radius 2 is 1.95 bits per heavy atom. The summed E-state index contributed by atoms with van der Waals surface area (Å²) in [4.78, 5) is 4.56. The minimum atomic E-state index is -3.23. The van der Waals surface area contributed by atoms with Crippen molar-refractivity contribution < 1.29 is 12.8 Å². The molecule has 0 atom stereocenters. The van der Waals surface area contributed by atoms with Crippen molar-refractivity contribution in [2.45, 2.75) is 6.54 Å². The number of benzene rings is 1. The Bertz CT molecular complexity index is 925. The predicted molar refractivity (Wildman–Crippen MR) is 84.7 cm³/mol. The summed E-state index contributed by atoms with van der Waals surface area (Å²) in [5.74, 6) is 1.92. The van der Waals surface area contributed by atoms with Gasteiger partial charge in [0.25, 0.3) is 0 Å². The van der Waals surface area contributed by atoms with Gasteiger partial charge in [0.2, 0.25) is 10.0 Å². The van der Waals surface area contributed by atoms with Gasteiger partial charge in [-0.05, 0) is 24.3 Å². The SMILES string of the molecule is CN(Cc1ccc(-c2nc3ccccc3n2C)o1)S(C)(=O)=O. The van der Waals surface area contributed by atoms with E-state index in [9.17, 15) is 8.42 Å². The lowest BCUT2D eigenvalue weighted by molar-refractivity contribution is 0.412. The first-order chi connectivity index (χ1) is 10.4. The number of imidazole rings is 1. The molecule has 0 saturated heterocycles. The molecule has 0 radical (unpaired) electrons. The van der Waals surface area contributed by atoms with Crippen LogP contribution in [0.4, 0.5) is 0 Å². The molecule has 0 unspecified atom stereocenters. The highest BCUT2D eigenvalue weighted by atomic mass is 32.2. The number of para-hydroxylation sites is 2. The normalized spacial score (nSPS) is 12.4. The van der Waals surface area contributed by atoms with Gasteiger partial charge in [0.05, 0.1) is 23.8 Å². The topological polar surface area (TPSA) is 68.3 Å². The molecule has 0 amide bonds. The summed E-state index contributed by atoms with van der Waals surface area (Å²) in [6.07, 6.45) is 1.17. The van der Waals surface area contributed by atoms with Crippen LogP contribution < -0.4 is 0 Å². The van der Waals surface area contributed by atoms with Gasteiger partial charge < -0.3 is 8.98 Å². The molecule has 0 N–H and O–H groups in total. The highest BCUT2D eigenvalue weighted by Crippen LogP contribution is 2.25. The molecule has 0 fully saturated rings. The molecule has 1 aromatic carbocycles. The number of rotatable bonds is 4. The minimum Gasteiger partial charge on any atom is -0.456 e. The summed E-state index contributed by atoms with van der Waals surface area (Å²) in [6.45, 7) is 0.197. The molecule has 0 bridgehead atoms. The third-order valence-corrected chi connectivity index (χ3v) is 4.88. The lowest BCUT2D eigenvalue weighted by atomic mass is 10.3. The zero-order valence-corrected chi connectivity index (χ0v) is 13.5. The second-order valence-corrected chi connectivity index (χ2v) is 7.36. The summed E-state index contributed by atoms with van der Waals surface area (Å²) in [5, 5.41) is 0. The van der Waals surface area contributed by atoms with Crippen LogP contribution in [0, 0.1) is 0 Å². The average Bonchev–Trinajstić information content (AvgIpc) is 3.03. The standard InChI is InChI=1S/C15H17N3O3S/c1-17(22(3,19)20)10-11-8-9-14(21-11)15-16-12-6-4-5-7-13(12)18(15)2/h4-9H,10H2,1-3H3. The van der Waals surface area contributed by atoms with E-state index in [1.54, 1.807) is 6.07 Å². The maximum absolute atomic E-state index is 11.5. The van der Waals surface area contributed by atoms with Crippen LogP contribution in [0.3, 0.4) is 0 Å². The summed E-state index contributed by atoms with van der Waals surface area (Å²) >= 11 is 0. The Balaban J connectivity index is 1.94. The number of aryl methyl sites for hydroxylation is 1. The van der Waals surface area contributed by atoms with Gasteiger partial charge in [-0.2, -0.15) is 4.31 Å². The fourth-order valence-corrected chi connectivity index (χ4v) is 2.65. The highest BCUT2D eigenvalue weighted by molar-refractivity contribution is 7.88. The van der Waals surface area contributed by atoms with Gasteiger partial charge in [-0.1, -0.05) is 12.1 Å². The first kappa shape index (κ1) is 14.8. The van der Waals surface area contributed by atoms with E-state index in [-0.39, 0.29) is 6.54 Å². The van der Waals surface area contributed by atoms with Crippen LogP contribution in [-0.4, -0.2) is 35.6 Å². The zero-order chi connectivity index (χ0) is 15.9. The fourth-order valence-electron chi connectivity index (χ4n) is 2.29. The van der Waals surface area contributed by atoms with Gasteiger partial charge >= 0.3 is 0 Å². The molecule has 2 heterocycles. The molecule has 0 spiro atoms. The number of hydrogen-bond acceptors (Lipinski definition) is 4. The second kappa shape index (κ2) is 5.26. The Kier molecular flexibility index (Phi) is 3.54. The fraction of sp³-hybridized carbons (Fsp3) is 0.267. The third-order valence-electron chi connectivity index (χ3n) is 3.61. The van der Waals surface area contributed by atoms with Crippen molar-refractivity contribution in [1.82, 2.24) is 13.9 Å². The molecule has 0 aliphatic carbocycles. The van der Waals surface area contributed by atoms with E-state index in [4.69, 9.17) is 4.42 Å². The molecule has 116 valence electrons. The first-order valence-electron chi connectivity index (χ1n) is 6.78. The summed E-state index contributed by atoms with van der Waals surface area (Å²) < 4.78 is 31.9. The number of aromatic nitrogens is 2. The van der Waals surface area contributed by atoms with Crippen LogP contribution in [0.1, 0.15) is 5.76 Å². The quantitative estimate of drug-likeness (QED) is 0.739. The Morgan fingerprint density at radius 1 is 1.23 bits per heavy atom. The lowest BCUT2D eigenvalue weighted by Crippen LogP contribution is -2.24. The number of nitrogens with zero attached hydrogens (tertiary/aromatic N) is 3. The van der Waals surface area contributed by atoms with Crippen molar-refractivity contribution >= 4 is 21.1 Å². The number of hydrogen-bond donors (Lipinski definition) is 0. The molecule has 22 heavy (non-hydrogen) atoms. The van der Waals surface area contributed by atoms with Gasteiger partial charge in [-0.25, -0.2) is 13.4 Å². The molecule has 2 aromatic heterocycles. The molecular formula is C15H17N3O3S.